The Morgan fingerprint density at radius 2 is 2.21 bits per heavy atom. The number of rotatable bonds is 5. The Kier molecular flexibility index (Phi) is 9.74. The summed E-state index contributed by atoms with van der Waals surface area (Å²) in [4.78, 5) is 6.65. The number of hydrogen-bond acceptors (Lipinski definition) is 1. The van der Waals surface area contributed by atoms with Crippen LogP contribution < -0.4 is 5.32 Å². The van der Waals surface area contributed by atoms with Crippen molar-refractivity contribution in [3.63, 3.8) is 0 Å². The number of aliphatic imine (C=N–C) groups is 1. The van der Waals surface area contributed by atoms with Crippen molar-refractivity contribution in [2.75, 3.05) is 33.4 Å². The SMILES string of the molecule is CCCC1(C)CCCN(C(=NC)NCCCF)C1.I. The summed E-state index contributed by atoms with van der Waals surface area (Å²) in [5, 5.41) is 3.26. The fraction of sp³-hybridized carbons (Fsp3) is 0.929. The predicted molar refractivity (Wildman–Crippen MR) is 91.2 cm³/mol. The summed E-state index contributed by atoms with van der Waals surface area (Å²) < 4.78 is 12.1. The Morgan fingerprint density at radius 1 is 1.47 bits per heavy atom. The summed E-state index contributed by atoms with van der Waals surface area (Å²) in [6.45, 7) is 7.16. The summed E-state index contributed by atoms with van der Waals surface area (Å²) in [6, 6.07) is 0. The zero-order valence-electron chi connectivity index (χ0n) is 12.5. The minimum absolute atomic E-state index is 0. The van der Waals surface area contributed by atoms with Gasteiger partial charge >= 0.3 is 0 Å². The molecule has 0 aromatic carbocycles. The zero-order chi connectivity index (χ0) is 13.4. The zero-order valence-corrected chi connectivity index (χ0v) is 14.9. The number of likely N-dealkylation sites (tertiary alicyclic amines) is 1. The molecule has 0 aromatic rings. The molecular weight excluding hydrogens is 356 g/mol. The van der Waals surface area contributed by atoms with E-state index < -0.39 is 0 Å². The Morgan fingerprint density at radius 3 is 2.79 bits per heavy atom. The molecule has 0 radical (unpaired) electrons. The Bertz CT molecular complexity index is 269. The summed E-state index contributed by atoms with van der Waals surface area (Å²) in [5.41, 5.74) is 0.407. The minimum atomic E-state index is -0.266. The molecule has 1 N–H and O–H groups in total. The van der Waals surface area contributed by atoms with Crippen molar-refractivity contribution in [3.05, 3.63) is 0 Å². The molecule has 0 aliphatic carbocycles. The quantitative estimate of drug-likeness (QED) is 0.340. The van der Waals surface area contributed by atoms with Crippen molar-refractivity contribution in [3.8, 4) is 0 Å². The molecule has 1 unspecified atom stereocenters. The lowest BCUT2D eigenvalue weighted by Gasteiger charge is -2.42. The van der Waals surface area contributed by atoms with Crippen LogP contribution in [0.15, 0.2) is 4.99 Å². The molecule has 0 amide bonds. The van der Waals surface area contributed by atoms with Crippen LogP contribution in [0.1, 0.15) is 46.0 Å². The van der Waals surface area contributed by atoms with Crippen LogP contribution >= 0.6 is 24.0 Å². The van der Waals surface area contributed by atoms with E-state index in [-0.39, 0.29) is 30.7 Å². The van der Waals surface area contributed by atoms with Gasteiger partial charge in [0, 0.05) is 26.7 Å². The molecule has 1 fully saturated rings. The third kappa shape index (κ3) is 6.27. The maximum absolute atomic E-state index is 12.1. The molecule has 1 aliphatic heterocycles. The Labute approximate surface area is 134 Å². The third-order valence-electron chi connectivity index (χ3n) is 3.74. The summed E-state index contributed by atoms with van der Waals surface area (Å²) in [6.07, 6.45) is 5.58. The molecule has 1 heterocycles. The summed E-state index contributed by atoms with van der Waals surface area (Å²) in [7, 11) is 1.81. The van der Waals surface area contributed by atoms with Crippen LogP contribution in [0.2, 0.25) is 0 Å². The van der Waals surface area contributed by atoms with Crippen LogP contribution in [0.25, 0.3) is 0 Å². The monoisotopic (exact) mass is 385 g/mol. The molecule has 19 heavy (non-hydrogen) atoms. The Balaban J connectivity index is 0.00000324. The molecule has 0 bridgehead atoms. The topological polar surface area (TPSA) is 27.6 Å². The van der Waals surface area contributed by atoms with E-state index in [4.69, 9.17) is 0 Å². The fourth-order valence-corrected chi connectivity index (χ4v) is 2.90. The van der Waals surface area contributed by atoms with Crippen LogP contribution in [0.4, 0.5) is 4.39 Å². The number of nitrogens with one attached hydrogen (secondary N) is 1. The third-order valence-corrected chi connectivity index (χ3v) is 3.74. The van der Waals surface area contributed by atoms with E-state index in [1.165, 1.54) is 25.7 Å². The average Bonchev–Trinajstić information content (AvgIpc) is 2.34. The van der Waals surface area contributed by atoms with E-state index in [1.54, 1.807) is 0 Å². The van der Waals surface area contributed by atoms with Crippen molar-refractivity contribution in [2.45, 2.75) is 46.0 Å². The fourth-order valence-electron chi connectivity index (χ4n) is 2.90. The minimum Gasteiger partial charge on any atom is -0.356 e. The van der Waals surface area contributed by atoms with Gasteiger partial charge in [0.25, 0.3) is 0 Å². The highest BCUT2D eigenvalue weighted by molar-refractivity contribution is 14.0. The summed E-state index contributed by atoms with van der Waals surface area (Å²) in [5.74, 6) is 0.936. The lowest BCUT2D eigenvalue weighted by Crippen LogP contribution is -2.50. The number of nitrogens with zero attached hydrogens (tertiary/aromatic N) is 2. The van der Waals surface area contributed by atoms with E-state index >= 15 is 0 Å². The van der Waals surface area contributed by atoms with Gasteiger partial charge in [-0.15, -0.1) is 24.0 Å². The van der Waals surface area contributed by atoms with Crippen LogP contribution in [-0.4, -0.2) is 44.2 Å². The van der Waals surface area contributed by atoms with Gasteiger partial charge in [-0.05, 0) is 31.1 Å². The van der Waals surface area contributed by atoms with Gasteiger partial charge < -0.3 is 10.2 Å². The maximum atomic E-state index is 12.1. The molecule has 0 aromatic heterocycles. The second kappa shape index (κ2) is 9.77. The van der Waals surface area contributed by atoms with Gasteiger partial charge in [0.2, 0.25) is 0 Å². The Hall–Kier alpha value is -0.0700. The van der Waals surface area contributed by atoms with E-state index in [0.717, 1.165) is 19.0 Å². The lowest BCUT2D eigenvalue weighted by atomic mass is 9.78. The molecule has 3 nitrogen and oxygen atoms in total. The van der Waals surface area contributed by atoms with E-state index in [2.05, 4.69) is 29.1 Å². The van der Waals surface area contributed by atoms with Gasteiger partial charge in [-0.2, -0.15) is 0 Å². The largest absolute Gasteiger partial charge is 0.356 e. The number of guanidine groups is 1. The van der Waals surface area contributed by atoms with E-state index in [1.807, 2.05) is 7.05 Å². The second-order valence-electron chi connectivity index (χ2n) is 5.60. The molecule has 1 saturated heterocycles. The first kappa shape index (κ1) is 18.9. The summed E-state index contributed by atoms with van der Waals surface area (Å²) >= 11 is 0. The molecular formula is C14H29FIN3. The smallest absolute Gasteiger partial charge is 0.193 e. The van der Waals surface area contributed by atoms with Crippen molar-refractivity contribution in [1.29, 1.82) is 0 Å². The maximum Gasteiger partial charge on any atom is 0.193 e. The van der Waals surface area contributed by atoms with Gasteiger partial charge in [0.05, 0.1) is 6.67 Å². The highest BCUT2D eigenvalue weighted by atomic mass is 127. The standard InChI is InChI=1S/C14H28FN3.HI/c1-4-7-14(2)8-5-11-18(12-14)13(16-3)17-10-6-9-15;/h4-12H2,1-3H3,(H,16,17);1H. The molecule has 114 valence electrons. The van der Waals surface area contributed by atoms with Gasteiger partial charge in [0.15, 0.2) is 5.96 Å². The normalized spacial score (nSPS) is 24.0. The second-order valence-corrected chi connectivity index (χ2v) is 5.60. The molecule has 5 heteroatoms. The molecule has 0 saturated carbocycles. The van der Waals surface area contributed by atoms with Gasteiger partial charge in [-0.1, -0.05) is 20.3 Å². The van der Waals surface area contributed by atoms with Crippen LogP contribution in [0.5, 0.6) is 0 Å². The van der Waals surface area contributed by atoms with E-state index in [9.17, 15) is 4.39 Å². The first-order valence-electron chi connectivity index (χ1n) is 7.17. The molecule has 1 atom stereocenters. The highest BCUT2D eigenvalue weighted by Gasteiger charge is 2.31. The van der Waals surface area contributed by atoms with Crippen molar-refractivity contribution in [1.82, 2.24) is 10.2 Å². The number of alkyl halides is 1. The van der Waals surface area contributed by atoms with Crippen LogP contribution in [0, 0.1) is 5.41 Å². The van der Waals surface area contributed by atoms with Crippen LogP contribution in [0.3, 0.4) is 0 Å². The molecule has 1 rings (SSSR count). The van der Waals surface area contributed by atoms with Crippen molar-refractivity contribution < 1.29 is 4.39 Å². The highest BCUT2D eigenvalue weighted by Crippen LogP contribution is 2.33. The number of hydrogen-bond donors (Lipinski definition) is 1. The van der Waals surface area contributed by atoms with E-state index in [0.29, 0.717) is 18.4 Å². The van der Waals surface area contributed by atoms with Gasteiger partial charge in [-0.25, -0.2) is 0 Å². The van der Waals surface area contributed by atoms with Gasteiger partial charge in [-0.3, -0.25) is 9.38 Å². The van der Waals surface area contributed by atoms with Crippen molar-refractivity contribution in [2.24, 2.45) is 10.4 Å². The molecule has 1 aliphatic rings. The van der Waals surface area contributed by atoms with Crippen molar-refractivity contribution >= 4 is 29.9 Å². The number of piperidine rings is 1. The first-order valence-corrected chi connectivity index (χ1v) is 7.17. The molecule has 0 spiro atoms. The number of halogens is 2. The average molecular weight is 385 g/mol. The first-order chi connectivity index (χ1) is 8.65. The van der Waals surface area contributed by atoms with Gasteiger partial charge in [0.1, 0.15) is 0 Å². The predicted octanol–water partition coefficient (Wildman–Crippen LogP) is 3.44. The van der Waals surface area contributed by atoms with Crippen LogP contribution in [-0.2, 0) is 0 Å². The lowest BCUT2D eigenvalue weighted by molar-refractivity contribution is 0.142.